The van der Waals surface area contributed by atoms with Gasteiger partial charge in [0, 0.05) is 31.9 Å². The Morgan fingerprint density at radius 3 is 2.30 bits per heavy atom. The van der Waals surface area contributed by atoms with Gasteiger partial charge in [0.1, 0.15) is 0 Å². The van der Waals surface area contributed by atoms with Gasteiger partial charge in [-0.15, -0.1) is 0 Å². The predicted octanol–water partition coefficient (Wildman–Crippen LogP) is 3.07. The lowest BCUT2D eigenvalue weighted by atomic mass is 10.1. The smallest absolute Gasteiger partial charge is 0.422 e. The zero-order chi connectivity index (χ0) is 23.8. The van der Waals surface area contributed by atoms with E-state index < -0.39 is 18.8 Å². The van der Waals surface area contributed by atoms with Crippen LogP contribution in [0.4, 0.5) is 18.9 Å². The summed E-state index contributed by atoms with van der Waals surface area (Å²) in [5.74, 6) is -0.614. The van der Waals surface area contributed by atoms with Crippen molar-refractivity contribution < 1.29 is 37.0 Å². The molecule has 0 aromatic heterocycles. The van der Waals surface area contributed by atoms with Crippen LogP contribution in [-0.4, -0.2) is 69.5 Å². The van der Waals surface area contributed by atoms with E-state index in [0.717, 1.165) is 18.8 Å². The molecule has 3 rings (SSSR count). The van der Waals surface area contributed by atoms with Gasteiger partial charge in [-0.2, -0.15) is 13.2 Å². The average molecular weight is 466 g/mol. The topological polar surface area (TPSA) is 68.3 Å². The van der Waals surface area contributed by atoms with Crippen molar-refractivity contribution in [3.8, 4) is 11.5 Å². The van der Waals surface area contributed by atoms with Gasteiger partial charge < -0.3 is 24.0 Å². The first-order chi connectivity index (χ1) is 15.7. The number of esters is 1. The molecule has 1 amide bonds. The molecule has 178 valence electrons. The Morgan fingerprint density at radius 1 is 0.970 bits per heavy atom. The molecule has 1 heterocycles. The molecule has 0 bridgehead atoms. The highest BCUT2D eigenvalue weighted by Crippen LogP contribution is 2.28. The van der Waals surface area contributed by atoms with E-state index in [1.165, 1.54) is 25.3 Å². The van der Waals surface area contributed by atoms with Crippen LogP contribution in [-0.2, 0) is 20.7 Å². The first-order valence-corrected chi connectivity index (χ1v) is 10.3. The molecule has 7 nitrogen and oxygen atoms in total. The van der Waals surface area contributed by atoms with E-state index in [-0.39, 0.29) is 24.7 Å². The number of carbonyl (C=O) groups is 2. The molecule has 33 heavy (non-hydrogen) atoms. The van der Waals surface area contributed by atoms with Crippen LogP contribution in [0.3, 0.4) is 0 Å². The van der Waals surface area contributed by atoms with Crippen molar-refractivity contribution in [2.45, 2.75) is 12.6 Å². The molecule has 0 unspecified atom stereocenters. The minimum atomic E-state index is -4.58. The van der Waals surface area contributed by atoms with Crippen LogP contribution in [0.25, 0.3) is 0 Å². The number of amides is 1. The zero-order valence-electron chi connectivity index (χ0n) is 18.1. The third kappa shape index (κ3) is 7.30. The number of anilines is 1. The highest BCUT2D eigenvalue weighted by atomic mass is 19.4. The number of ether oxygens (including phenoxy) is 3. The molecular formula is C23H25F3N2O5. The van der Waals surface area contributed by atoms with Crippen LogP contribution in [0.2, 0.25) is 0 Å². The van der Waals surface area contributed by atoms with Gasteiger partial charge in [-0.05, 0) is 29.8 Å². The van der Waals surface area contributed by atoms with Crippen LogP contribution in [0, 0.1) is 0 Å². The monoisotopic (exact) mass is 466 g/mol. The maximum atomic E-state index is 12.6. The Bertz CT molecular complexity index is 945. The van der Waals surface area contributed by atoms with E-state index in [9.17, 15) is 22.8 Å². The second-order valence-electron chi connectivity index (χ2n) is 7.43. The maximum absolute atomic E-state index is 12.6. The molecule has 1 fully saturated rings. The number of hydrogen-bond acceptors (Lipinski definition) is 6. The number of rotatable bonds is 8. The summed E-state index contributed by atoms with van der Waals surface area (Å²) in [5.41, 5.74) is 1.52. The van der Waals surface area contributed by atoms with Crippen molar-refractivity contribution in [3.05, 3.63) is 54.1 Å². The fourth-order valence-corrected chi connectivity index (χ4v) is 3.40. The molecular weight excluding hydrogens is 441 g/mol. The number of benzene rings is 2. The highest BCUT2D eigenvalue weighted by Gasteiger charge is 2.29. The van der Waals surface area contributed by atoms with Crippen LogP contribution in [0.1, 0.15) is 5.56 Å². The normalized spacial score (nSPS) is 14.1. The number of piperazine rings is 1. The molecule has 2 aromatic rings. The molecule has 2 aromatic carbocycles. The van der Waals surface area contributed by atoms with Crippen molar-refractivity contribution in [2.24, 2.45) is 0 Å². The SMILES string of the molecule is COc1cc(CC(=O)OCC(F)(F)F)ccc1OCC(=O)N1CCN(c2ccccc2)CC1. The van der Waals surface area contributed by atoms with Gasteiger partial charge in [-0.3, -0.25) is 9.59 Å². The average Bonchev–Trinajstić information content (AvgIpc) is 2.82. The molecule has 10 heteroatoms. The van der Waals surface area contributed by atoms with E-state index >= 15 is 0 Å². The third-order valence-electron chi connectivity index (χ3n) is 5.08. The van der Waals surface area contributed by atoms with Gasteiger partial charge >= 0.3 is 12.1 Å². The fourth-order valence-electron chi connectivity index (χ4n) is 3.40. The molecule has 0 saturated carbocycles. The number of nitrogens with zero attached hydrogens (tertiary/aromatic N) is 2. The minimum Gasteiger partial charge on any atom is -0.493 e. The number of alkyl halides is 3. The van der Waals surface area contributed by atoms with E-state index in [2.05, 4.69) is 9.64 Å². The lowest BCUT2D eigenvalue weighted by Gasteiger charge is -2.36. The Morgan fingerprint density at radius 2 is 1.67 bits per heavy atom. The summed E-state index contributed by atoms with van der Waals surface area (Å²) in [7, 11) is 1.39. The van der Waals surface area contributed by atoms with E-state index in [0.29, 0.717) is 24.4 Å². The van der Waals surface area contributed by atoms with Crippen LogP contribution in [0.15, 0.2) is 48.5 Å². The van der Waals surface area contributed by atoms with Crippen molar-refractivity contribution in [2.75, 3.05) is 51.4 Å². The van der Waals surface area contributed by atoms with Gasteiger partial charge in [0.05, 0.1) is 13.5 Å². The second-order valence-corrected chi connectivity index (χ2v) is 7.43. The molecule has 0 aliphatic carbocycles. The van der Waals surface area contributed by atoms with Crippen molar-refractivity contribution in [1.29, 1.82) is 0 Å². The van der Waals surface area contributed by atoms with Crippen molar-refractivity contribution in [1.82, 2.24) is 4.90 Å². The summed E-state index contributed by atoms with van der Waals surface area (Å²) >= 11 is 0. The maximum Gasteiger partial charge on any atom is 0.422 e. The highest BCUT2D eigenvalue weighted by molar-refractivity contribution is 5.78. The minimum absolute atomic E-state index is 0.162. The molecule has 0 N–H and O–H groups in total. The second kappa shape index (κ2) is 10.9. The Hall–Kier alpha value is -3.43. The molecule has 1 aliphatic rings. The number of carbonyl (C=O) groups excluding carboxylic acids is 2. The third-order valence-corrected chi connectivity index (χ3v) is 5.08. The number of hydrogen-bond donors (Lipinski definition) is 0. The number of halogens is 3. The summed E-state index contributed by atoms with van der Waals surface area (Å²) < 4.78 is 51.5. The molecule has 1 saturated heterocycles. The van der Waals surface area contributed by atoms with E-state index in [1.54, 1.807) is 4.90 Å². The quantitative estimate of drug-likeness (QED) is 0.557. The first kappa shape index (κ1) is 24.2. The first-order valence-electron chi connectivity index (χ1n) is 10.3. The Kier molecular flexibility index (Phi) is 8.02. The number of para-hydroxylation sites is 1. The summed E-state index contributed by atoms with van der Waals surface area (Å²) in [4.78, 5) is 28.1. The summed E-state index contributed by atoms with van der Waals surface area (Å²) in [5, 5.41) is 0. The van der Waals surface area contributed by atoms with E-state index in [1.807, 2.05) is 30.3 Å². The van der Waals surface area contributed by atoms with Gasteiger partial charge in [-0.25, -0.2) is 0 Å². The van der Waals surface area contributed by atoms with Crippen molar-refractivity contribution >= 4 is 17.6 Å². The molecule has 0 radical (unpaired) electrons. The van der Waals surface area contributed by atoms with Crippen LogP contribution < -0.4 is 14.4 Å². The predicted molar refractivity (Wildman–Crippen MR) is 114 cm³/mol. The fraction of sp³-hybridized carbons (Fsp3) is 0.391. The lowest BCUT2D eigenvalue weighted by molar-refractivity contribution is -0.185. The summed E-state index contributed by atoms with van der Waals surface area (Å²) in [6.07, 6.45) is -4.93. The van der Waals surface area contributed by atoms with Crippen LogP contribution in [0.5, 0.6) is 11.5 Å². The van der Waals surface area contributed by atoms with Gasteiger partial charge in [-0.1, -0.05) is 24.3 Å². The molecule has 0 spiro atoms. The van der Waals surface area contributed by atoms with Gasteiger partial charge in [0.2, 0.25) is 0 Å². The number of methoxy groups -OCH3 is 1. The standard InChI is InChI=1S/C23H25F3N2O5/c1-31-20-13-17(14-22(30)33-16-23(24,25)26)7-8-19(20)32-15-21(29)28-11-9-27(10-12-28)18-5-3-2-4-6-18/h2-8,13H,9-12,14-16H2,1H3. The largest absolute Gasteiger partial charge is 0.493 e. The Labute approximate surface area is 189 Å². The van der Waals surface area contributed by atoms with Gasteiger partial charge in [0.15, 0.2) is 24.7 Å². The Balaban J connectivity index is 1.49. The molecule has 1 aliphatic heterocycles. The van der Waals surface area contributed by atoms with E-state index in [4.69, 9.17) is 9.47 Å². The molecule has 0 atom stereocenters. The zero-order valence-corrected chi connectivity index (χ0v) is 18.1. The summed E-state index contributed by atoms with van der Waals surface area (Å²) in [6.45, 7) is 0.775. The van der Waals surface area contributed by atoms with Crippen LogP contribution >= 0.6 is 0 Å². The lowest BCUT2D eigenvalue weighted by Crippen LogP contribution is -2.50. The van der Waals surface area contributed by atoms with Gasteiger partial charge in [0.25, 0.3) is 5.91 Å². The summed E-state index contributed by atoms with van der Waals surface area (Å²) in [6, 6.07) is 14.5. The van der Waals surface area contributed by atoms with Crippen molar-refractivity contribution in [3.63, 3.8) is 0 Å².